The average molecular weight is 310 g/mol. The number of hydrogen-bond donors (Lipinski definition) is 1. The van der Waals surface area contributed by atoms with Crippen molar-refractivity contribution in [2.75, 3.05) is 10.6 Å². The molecule has 1 atom stereocenters. The molecule has 0 heterocycles. The maximum atomic E-state index is 12.2. The second kappa shape index (κ2) is 5.67. The van der Waals surface area contributed by atoms with Crippen molar-refractivity contribution >= 4 is 21.6 Å². The first kappa shape index (κ1) is 15.8. The second-order valence-electron chi connectivity index (χ2n) is 5.79. The van der Waals surface area contributed by atoms with E-state index in [1.807, 2.05) is 19.9 Å². The number of aryl methyl sites for hydroxylation is 2. The highest BCUT2D eigenvalue weighted by Gasteiger charge is 2.32. The van der Waals surface area contributed by atoms with E-state index in [1.54, 1.807) is 19.1 Å². The van der Waals surface area contributed by atoms with Crippen LogP contribution in [0.3, 0.4) is 0 Å². The van der Waals surface area contributed by atoms with Crippen LogP contribution in [-0.4, -0.2) is 32.7 Å². The number of rotatable bonds is 5. The number of benzene rings is 1. The summed E-state index contributed by atoms with van der Waals surface area (Å²) < 4.78 is 25.4. The Morgan fingerprint density at radius 3 is 2.38 bits per heavy atom. The molecule has 0 saturated heterocycles. The van der Waals surface area contributed by atoms with Crippen LogP contribution in [0.15, 0.2) is 18.2 Å². The van der Waals surface area contributed by atoms with Crippen LogP contribution in [0.4, 0.5) is 5.69 Å². The molecule has 21 heavy (non-hydrogen) atoms. The summed E-state index contributed by atoms with van der Waals surface area (Å²) in [5.41, 5.74) is 2.61. The van der Waals surface area contributed by atoms with Gasteiger partial charge in [0.2, 0.25) is 15.9 Å². The van der Waals surface area contributed by atoms with Crippen LogP contribution in [0, 0.1) is 13.8 Å². The Balaban J connectivity index is 2.33. The van der Waals surface area contributed by atoms with Gasteiger partial charge in [0, 0.05) is 6.04 Å². The molecule has 1 N–H and O–H groups in total. The minimum absolute atomic E-state index is 0.209. The van der Waals surface area contributed by atoms with E-state index in [0.29, 0.717) is 5.69 Å². The Morgan fingerprint density at radius 2 is 1.90 bits per heavy atom. The molecule has 5 nitrogen and oxygen atoms in total. The minimum atomic E-state index is -3.53. The lowest BCUT2D eigenvalue weighted by molar-refractivity contribution is -0.121. The highest BCUT2D eigenvalue weighted by Crippen LogP contribution is 2.25. The molecule has 0 spiro atoms. The maximum Gasteiger partial charge on any atom is 0.243 e. The first-order valence-corrected chi connectivity index (χ1v) is 8.92. The number of anilines is 1. The summed E-state index contributed by atoms with van der Waals surface area (Å²) in [4.78, 5) is 12.2. The Labute approximate surface area is 126 Å². The van der Waals surface area contributed by atoms with E-state index < -0.39 is 16.1 Å². The predicted octanol–water partition coefficient (Wildman–Crippen LogP) is 1.74. The van der Waals surface area contributed by atoms with Crippen LogP contribution in [-0.2, 0) is 14.8 Å². The average Bonchev–Trinajstić information content (AvgIpc) is 3.16. The Bertz CT molecular complexity index is 651. The zero-order chi connectivity index (χ0) is 15.8. The van der Waals surface area contributed by atoms with Crippen molar-refractivity contribution in [1.82, 2.24) is 5.32 Å². The van der Waals surface area contributed by atoms with Gasteiger partial charge in [-0.1, -0.05) is 6.07 Å². The van der Waals surface area contributed by atoms with E-state index in [0.717, 1.165) is 30.2 Å². The molecule has 1 fully saturated rings. The fourth-order valence-corrected chi connectivity index (χ4v) is 3.39. The van der Waals surface area contributed by atoms with Crippen LogP contribution in [0.2, 0.25) is 0 Å². The van der Waals surface area contributed by atoms with Gasteiger partial charge in [0.1, 0.15) is 6.04 Å². The highest BCUT2D eigenvalue weighted by molar-refractivity contribution is 7.92. The molecule has 1 aromatic rings. The molecule has 1 aliphatic rings. The van der Waals surface area contributed by atoms with Gasteiger partial charge in [-0.2, -0.15) is 0 Å². The molecule has 0 aliphatic heterocycles. The smallest absolute Gasteiger partial charge is 0.243 e. The molecule has 1 aliphatic carbocycles. The minimum Gasteiger partial charge on any atom is -0.352 e. The molecule has 116 valence electrons. The predicted molar refractivity (Wildman–Crippen MR) is 83.9 cm³/mol. The summed E-state index contributed by atoms with van der Waals surface area (Å²) in [5, 5.41) is 2.86. The van der Waals surface area contributed by atoms with E-state index in [9.17, 15) is 13.2 Å². The molecule has 1 saturated carbocycles. The van der Waals surface area contributed by atoms with Gasteiger partial charge in [-0.3, -0.25) is 9.10 Å². The SMILES string of the molecule is Cc1ccc(N([C@H](C)C(=O)NC2CC2)S(C)(=O)=O)cc1C. The number of sulfonamides is 1. The molecule has 6 heteroatoms. The highest BCUT2D eigenvalue weighted by atomic mass is 32.2. The summed E-state index contributed by atoms with van der Waals surface area (Å²) in [5.74, 6) is -0.249. The fourth-order valence-electron chi connectivity index (χ4n) is 2.22. The lowest BCUT2D eigenvalue weighted by Gasteiger charge is -2.28. The van der Waals surface area contributed by atoms with Crippen LogP contribution < -0.4 is 9.62 Å². The Hall–Kier alpha value is -1.56. The number of nitrogens with one attached hydrogen (secondary N) is 1. The van der Waals surface area contributed by atoms with Gasteiger partial charge in [-0.15, -0.1) is 0 Å². The molecular formula is C15H22N2O3S. The van der Waals surface area contributed by atoms with E-state index >= 15 is 0 Å². The van der Waals surface area contributed by atoms with Crippen LogP contribution in [0.25, 0.3) is 0 Å². The Morgan fingerprint density at radius 1 is 1.29 bits per heavy atom. The maximum absolute atomic E-state index is 12.2. The first-order valence-electron chi connectivity index (χ1n) is 7.07. The normalized spacial score (nSPS) is 16.4. The molecule has 0 bridgehead atoms. The zero-order valence-corrected chi connectivity index (χ0v) is 13.7. The van der Waals surface area contributed by atoms with Crippen molar-refractivity contribution in [1.29, 1.82) is 0 Å². The van der Waals surface area contributed by atoms with Crippen molar-refractivity contribution in [2.45, 2.75) is 45.7 Å². The zero-order valence-electron chi connectivity index (χ0n) is 12.9. The van der Waals surface area contributed by atoms with E-state index in [1.165, 1.54) is 4.31 Å². The van der Waals surface area contributed by atoms with E-state index in [2.05, 4.69) is 5.32 Å². The molecule has 1 aromatic carbocycles. The van der Waals surface area contributed by atoms with Crippen LogP contribution >= 0.6 is 0 Å². The summed E-state index contributed by atoms with van der Waals surface area (Å²) in [6.07, 6.45) is 3.07. The number of nitrogens with zero attached hydrogens (tertiary/aromatic N) is 1. The first-order chi connectivity index (χ1) is 9.70. The molecule has 0 radical (unpaired) electrons. The van der Waals surface area contributed by atoms with Crippen molar-refractivity contribution in [3.05, 3.63) is 29.3 Å². The summed E-state index contributed by atoms with van der Waals surface area (Å²) >= 11 is 0. The number of carbonyl (C=O) groups is 1. The van der Waals surface area contributed by atoms with Crippen molar-refractivity contribution < 1.29 is 13.2 Å². The topological polar surface area (TPSA) is 66.5 Å². The van der Waals surface area contributed by atoms with E-state index in [4.69, 9.17) is 0 Å². The molecular weight excluding hydrogens is 288 g/mol. The lowest BCUT2D eigenvalue weighted by atomic mass is 10.1. The van der Waals surface area contributed by atoms with Gasteiger partial charge in [0.15, 0.2) is 0 Å². The molecule has 0 aromatic heterocycles. The number of amides is 1. The fraction of sp³-hybridized carbons (Fsp3) is 0.533. The molecule has 0 unspecified atom stereocenters. The van der Waals surface area contributed by atoms with Crippen LogP contribution in [0.1, 0.15) is 30.9 Å². The molecule has 1 amide bonds. The third-order valence-corrected chi connectivity index (χ3v) is 5.00. The summed E-state index contributed by atoms with van der Waals surface area (Å²) in [6.45, 7) is 5.51. The Kier molecular flexibility index (Phi) is 4.27. The second-order valence-corrected chi connectivity index (χ2v) is 7.65. The van der Waals surface area contributed by atoms with Gasteiger partial charge in [0.25, 0.3) is 0 Å². The van der Waals surface area contributed by atoms with Crippen molar-refractivity contribution in [2.24, 2.45) is 0 Å². The van der Waals surface area contributed by atoms with Gasteiger partial charge >= 0.3 is 0 Å². The van der Waals surface area contributed by atoms with Crippen LogP contribution in [0.5, 0.6) is 0 Å². The summed E-state index contributed by atoms with van der Waals surface area (Å²) in [6, 6.07) is 4.86. The number of hydrogen-bond acceptors (Lipinski definition) is 3. The quantitative estimate of drug-likeness (QED) is 0.901. The number of carbonyl (C=O) groups excluding carboxylic acids is 1. The summed E-state index contributed by atoms with van der Waals surface area (Å²) in [7, 11) is -3.53. The monoisotopic (exact) mass is 310 g/mol. The lowest BCUT2D eigenvalue weighted by Crippen LogP contribution is -2.48. The van der Waals surface area contributed by atoms with Gasteiger partial charge in [-0.25, -0.2) is 8.42 Å². The van der Waals surface area contributed by atoms with E-state index in [-0.39, 0.29) is 11.9 Å². The van der Waals surface area contributed by atoms with Gasteiger partial charge in [0.05, 0.1) is 11.9 Å². The van der Waals surface area contributed by atoms with Gasteiger partial charge < -0.3 is 5.32 Å². The largest absolute Gasteiger partial charge is 0.352 e. The van der Waals surface area contributed by atoms with Crippen molar-refractivity contribution in [3.8, 4) is 0 Å². The molecule has 2 rings (SSSR count). The van der Waals surface area contributed by atoms with Gasteiger partial charge in [-0.05, 0) is 56.9 Å². The van der Waals surface area contributed by atoms with Crippen molar-refractivity contribution in [3.63, 3.8) is 0 Å². The third-order valence-electron chi connectivity index (χ3n) is 3.76. The standard InChI is InChI=1S/C15H22N2O3S/c1-10-5-8-14(9-11(10)2)17(21(4,19)20)12(3)15(18)16-13-6-7-13/h5,8-9,12-13H,6-7H2,1-4H3,(H,16,18)/t12-/m1/s1. The third kappa shape index (κ3) is 3.75.